The summed E-state index contributed by atoms with van der Waals surface area (Å²) in [4.78, 5) is 0. The van der Waals surface area contributed by atoms with Crippen molar-refractivity contribution < 1.29 is 8.78 Å². The SMILES string of the molecule is NC(=S)NN=Cc1ccc(-c2cc(F)cc(F)c2)cc1. The Hall–Kier alpha value is -2.34. The Morgan fingerprint density at radius 3 is 2.20 bits per heavy atom. The van der Waals surface area contributed by atoms with Crippen LogP contribution in [-0.2, 0) is 0 Å². The quantitative estimate of drug-likeness (QED) is 0.519. The summed E-state index contributed by atoms with van der Waals surface area (Å²) in [5, 5.41) is 3.89. The molecule has 0 fully saturated rings. The van der Waals surface area contributed by atoms with Crippen LogP contribution in [0.2, 0.25) is 0 Å². The van der Waals surface area contributed by atoms with E-state index in [4.69, 9.17) is 5.73 Å². The number of hydrazone groups is 1. The molecule has 0 amide bonds. The van der Waals surface area contributed by atoms with Crippen LogP contribution in [0.1, 0.15) is 5.56 Å². The fraction of sp³-hybridized carbons (Fsp3) is 0. The minimum Gasteiger partial charge on any atom is -0.375 e. The van der Waals surface area contributed by atoms with Gasteiger partial charge in [-0.05, 0) is 41.0 Å². The highest BCUT2D eigenvalue weighted by molar-refractivity contribution is 7.80. The summed E-state index contributed by atoms with van der Waals surface area (Å²) in [6, 6.07) is 10.4. The molecule has 102 valence electrons. The van der Waals surface area contributed by atoms with Crippen molar-refractivity contribution in [2.24, 2.45) is 10.8 Å². The van der Waals surface area contributed by atoms with E-state index in [0.29, 0.717) is 11.1 Å². The van der Waals surface area contributed by atoms with Gasteiger partial charge < -0.3 is 5.73 Å². The van der Waals surface area contributed by atoms with Crippen LogP contribution in [0.5, 0.6) is 0 Å². The van der Waals surface area contributed by atoms with Crippen molar-refractivity contribution in [3.8, 4) is 11.1 Å². The number of hydrogen-bond donors (Lipinski definition) is 2. The topological polar surface area (TPSA) is 50.4 Å². The molecule has 0 bridgehead atoms. The number of thiocarbonyl (C=S) groups is 1. The first-order chi connectivity index (χ1) is 9.54. The van der Waals surface area contributed by atoms with E-state index in [1.165, 1.54) is 18.3 Å². The zero-order chi connectivity index (χ0) is 14.5. The van der Waals surface area contributed by atoms with Crippen LogP contribution in [0.4, 0.5) is 8.78 Å². The zero-order valence-corrected chi connectivity index (χ0v) is 11.1. The second-order valence-corrected chi connectivity index (χ2v) is 4.45. The molecule has 0 heterocycles. The van der Waals surface area contributed by atoms with Gasteiger partial charge in [-0.1, -0.05) is 24.3 Å². The van der Waals surface area contributed by atoms with E-state index < -0.39 is 11.6 Å². The van der Waals surface area contributed by atoms with Gasteiger partial charge in [-0.25, -0.2) is 8.78 Å². The number of benzene rings is 2. The highest BCUT2D eigenvalue weighted by atomic mass is 32.1. The molecule has 0 unspecified atom stereocenters. The minimum atomic E-state index is -0.605. The van der Waals surface area contributed by atoms with E-state index >= 15 is 0 Å². The molecule has 0 aliphatic rings. The van der Waals surface area contributed by atoms with Crippen LogP contribution < -0.4 is 11.2 Å². The minimum absolute atomic E-state index is 0.0770. The Morgan fingerprint density at radius 2 is 1.65 bits per heavy atom. The fourth-order valence-corrected chi connectivity index (χ4v) is 1.71. The van der Waals surface area contributed by atoms with Crippen LogP contribution in [-0.4, -0.2) is 11.3 Å². The molecule has 0 spiro atoms. The van der Waals surface area contributed by atoms with Crippen molar-refractivity contribution >= 4 is 23.5 Å². The second kappa shape index (κ2) is 6.21. The maximum Gasteiger partial charge on any atom is 0.184 e. The smallest absolute Gasteiger partial charge is 0.184 e. The molecule has 0 saturated carbocycles. The lowest BCUT2D eigenvalue weighted by Gasteiger charge is -2.03. The summed E-state index contributed by atoms with van der Waals surface area (Å²) in [7, 11) is 0. The number of nitrogens with zero attached hydrogens (tertiary/aromatic N) is 1. The Labute approximate surface area is 120 Å². The second-order valence-electron chi connectivity index (χ2n) is 4.01. The standard InChI is InChI=1S/C14H11F2N3S/c15-12-5-11(6-13(16)7-12)10-3-1-9(2-4-10)8-18-19-14(17)20/h1-8H,(H3,17,19,20). The van der Waals surface area contributed by atoms with Crippen LogP contribution in [0.15, 0.2) is 47.6 Å². The van der Waals surface area contributed by atoms with Crippen molar-refractivity contribution in [2.45, 2.75) is 0 Å². The molecule has 2 rings (SSSR count). The van der Waals surface area contributed by atoms with E-state index in [9.17, 15) is 8.78 Å². The Bertz CT molecular complexity index is 634. The van der Waals surface area contributed by atoms with E-state index in [1.54, 1.807) is 24.3 Å². The summed E-state index contributed by atoms with van der Waals surface area (Å²) in [5.41, 5.74) is 9.65. The monoisotopic (exact) mass is 291 g/mol. The van der Waals surface area contributed by atoms with Crippen molar-refractivity contribution in [3.63, 3.8) is 0 Å². The number of rotatable bonds is 3. The Balaban J connectivity index is 2.19. The largest absolute Gasteiger partial charge is 0.375 e. The van der Waals surface area contributed by atoms with Gasteiger partial charge in [0, 0.05) is 6.07 Å². The van der Waals surface area contributed by atoms with Gasteiger partial charge in [-0.2, -0.15) is 5.10 Å². The normalized spacial score (nSPS) is 10.7. The third-order valence-corrected chi connectivity index (χ3v) is 2.59. The van der Waals surface area contributed by atoms with Gasteiger partial charge >= 0.3 is 0 Å². The summed E-state index contributed by atoms with van der Waals surface area (Å²) in [5.74, 6) is -1.21. The van der Waals surface area contributed by atoms with E-state index in [1.807, 2.05) is 0 Å². The Kier molecular flexibility index (Phi) is 4.37. The molecule has 3 nitrogen and oxygen atoms in total. The van der Waals surface area contributed by atoms with Crippen LogP contribution in [0.25, 0.3) is 11.1 Å². The summed E-state index contributed by atoms with van der Waals surface area (Å²) < 4.78 is 26.3. The predicted molar refractivity (Wildman–Crippen MR) is 79.3 cm³/mol. The van der Waals surface area contributed by atoms with Gasteiger partial charge in [0.05, 0.1) is 6.21 Å². The number of nitrogens with one attached hydrogen (secondary N) is 1. The van der Waals surface area contributed by atoms with Crippen molar-refractivity contribution in [1.29, 1.82) is 0 Å². The average Bonchev–Trinajstić information content (AvgIpc) is 2.38. The van der Waals surface area contributed by atoms with Crippen LogP contribution >= 0.6 is 12.2 Å². The molecule has 0 aromatic heterocycles. The molecule has 3 N–H and O–H groups in total. The fourth-order valence-electron chi connectivity index (χ4n) is 1.65. The predicted octanol–water partition coefficient (Wildman–Crippen LogP) is 2.80. The highest BCUT2D eigenvalue weighted by Gasteiger charge is 2.03. The molecular formula is C14H11F2N3S. The van der Waals surface area contributed by atoms with Crippen LogP contribution in [0.3, 0.4) is 0 Å². The third kappa shape index (κ3) is 3.83. The molecule has 2 aromatic rings. The first-order valence-corrected chi connectivity index (χ1v) is 6.10. The van der Waals surface area contributed by atoms with Gasteiger partial charge in [-0.3, -0.25) is 5.43 Å². The first-order valence-electron chi connectivity index (χ1n) is 5.69. The zero-order valence-electron chi connectivity index (χ0n) is 10.3. The lowest BCUT2D eigenvalue weighted by Crippen LogP contribution is -2.23. The maximum absolute atomic E-state index is 13.1. The molecule has 0 atom stereocenters. The lowest BCUT2D eigenvalue weighted by atomic mass is 10.0. The maximum atomic E-state index is 13.1. The highest BCUT2D eigenvalue weighted by Crippen LogP contribution is 2.21. The average molecular weight is 291 g/mol. The van der Waals surface area contributed by atoms with Crippen LogP contribution in [0, 0.1) is 11.6 Å². The first kappa shape index (κ1) is 14.1. The summed E-state index contributed by atoms with van der Waals surface area (Å²) in [6.45, 7) is 0. The molecule has 6 heteroatoms. The molecular weight excluding hydrogens is 280 g/mol. The van der Waals surface area contributed by atoms with E-state index in [0.717, 1.165) is 11.6 Å². The molecule has 20 heavy (non-hydrogen) atoms. The third-order valence-electron chi connectivity index (χ3n) is 2.49. The summed E-state index contributed by atoms with van der Waals surface area (Å²) >= 11 is 4.60. The van der Waals surface area contributed by atoms with Crippen molar-refractivity contribution in [2.75, 3.05) is 0 Å². The number of hydrogen-bond acceptors (Lipinski definition) is 2. The van der Waals surface area contributed by atoms with Crippen molar-refractivity contribution in [1.82, 2.24) is 5.43 Å². The van der Waals surface area contributed by atoms with Crippen molar-refractivity contribution in [3.05, 3.63) is 59.7 Å². The summed E-state index contributed by atoms with van der Waals surface area (Å²) in [6.07, 6.45) is 1.54. The van der Waals surface area contributed by atoms with Gasteiger partial charge in [0.15, 0.2) is 5.11 Å². The van der Waals surface area contributed by atoms with Gasteiger partial charge in [0.25, 0.3) is 0 Å². The molecule has 0 saturated heterocycles. The van der Waals surface area contributed by atoms with Gasteiger partial charge in [0.1, 0.15) is 11.6 Å². The molecule has 2 aromatic carbocycles. The Morgan fingerprint density at radius 1 is 1.05 bits per heavy atom. The van der Waals surface area contributed by atoms with E-state index in [-0.39, 0.29) is 5.11 Å². The molecule has 0 radical (unpaired) electrons. The number of halogens is 2. The molecule has 0 aliphatic heterocycles. The van der Waals surface area contributed by atoms with Gasteiger partial charge in [-0.15, -0.1) is 0 Å². The molecule has 0 aliphatic carbocycles. The lowest BCUT2D eigenvalue weighted by molar-refractivity contribution is 0.584. The van der Waals surface area contributed by atoms with Gasteiger partial charge in [0.2, 0.25) is 0 Å². The van der Waals surface area contributed by atoms with E-state index in [2.05, 4.69) is 22.7 Å². The number of nitrogens with two attached hydrogens (primary N) is 1.